The number of nitrogens with one attached hydrogen (secondary N) is 1. The minimum atomic E-state index is -0.478. The van der Waals surface area contributed by atoms with Crippen LogP contribution in [0.15, 0.2) is 18.5 Å². The van der Waals surface area contributed by atoms with E-state index in [-0.39, 0.29) is 36.8 Å². The number of amides is 1. The molecule has 1 N–H and O–H groups in total. The minimum Gasteiger partial charge on any atom is -0.333 e. The van der Waals surface area contributed by atoms with Crippen LogP contribution in [0.25, 0.3) is 0 Å². The van der Waals surface area contributed by atoms with Crippen LogP contribution in [0.3, 0.4) is 0 Å². The van der Waals surface area contributed by atoms with Gasteiger partial charge in [0.25, 0.3) is 5.91 Å². The lowest BCUT2D eigenvalue weighted by Crippen LogP contribution is -2.52. The second kappa shape index (κ2) is 7.51. The second-order valence-corrected chi connectivity index (χ2v) is 3.94. The normalized spacial score (nSPS) is 18.6. The molecule has 1 fully saturated rings. The highest BCUT2D eigenvalue weighted by molar-refractivity contribution is 5.94. The van der Waals surface area contributed by atoms with Gasteiger partial charge in [-0.1, -0.05) is 0 Å². The standard InChI is InChI=1S/C11H14FN3O.2ClH/c1-8-5-13-2-3-15(8)11(16)9-4-10(12)7-14-6-9;;/h4,6-8,13H,2-3,5H2,1H3;2*1H/t8-;;/m0../s1. The Kier molecular flexibility index (Phi) is 7.13. The quantitative estimate of drug-likeness (QED) is 0.854. The molecular weight excluding hydrogens is 280 g/mol. The average Bonchev–Trinajstić information content (AvgIpc) is 2.29. The largest absolute Gasteiger partial charge is 0.333 e. The third-order valence-corrected chi connectivity index (χ3v) is 2.71. The highest BCUT2D eigenvalue weighted by Gasteiger charge is 2.24. The molecule has 1 aliphatic rings. The van der Waals surface area contributed by atoms with Crippen molar-refractivity contribution in [2.75, 3.05) is 19.6 Å². The van der Waals surface area contributed by atoms with Crippen molar-refractivity contribution < 1.29 is 9.18 Å². The molecule has 0 bridgehead atoms. The van der Waals surface area contributed by atoms with Crippen LogP contribution in [0.4, 0.5) is 4.39 Å². The number of hydrogen-bond donors (Lipinski definition) is 1. The molecule has 0 aromatic carbocycles. The number of hydrogen-bond acceptors (Lipinski definition) is 3. The maximum Gasteiger partial charge on any atom is 0.255 e. The fourth-order valence-electron chi connectivity index (χ4n) is 1.84. The van der Waals surface area contributed by atoms with Crippen LogP contribution < -0.4 is 5.32 Å². The van der Waals surface area contributed by atoms with E-state index in [2.05, 4.69) is 10.3 Å². The van der Waals surface area contributed by atoms with E-state index in [1.165, 1.54) is 12.3 Å². The van der Waals surface area contributed by atoms with Gasteiger partial charge in [0, 0.05) is 31.9 Å². The van der Waals surface area contributed by atoms with E-state index in [0.29, 0.717) is 12.1 Å². The zero-order valence-corrected chi connectivity index (χ0v) is 11.6. The van der Waals surface area contributed by atoms with Crippen LogP contribution >= 0.6 is 24.8 Å². The van der Waals surface area contributed by atoms with Crippen LogP contribution in [-0.4, -0.2) is 41.5 Å². The summed E-state index contributed by atoms with van der Waals surface area (Å²) in [7, 11) is 0. The van der Waals surface area contributed by atoms with Crippen molar-refractivity contribution in [3.8, 4) is 0 Å². The van der Waals surface area contributed by atoms with E-state index < -0.39 is 5.82 Å². The van der Waals surface area contributed by atoms with E-state index in [1.54, 1.807) is 4.90 Å². The summed E-state index contributed by atoms with van der Waals surface area (Å²) in [4.78, 5) is 17.5. The van der Waals surface area contributed by atoms with Gasteiger partial charge in [0.2, 0.25) is 0 Å². The topological polar surface area (TPSA) is 45.2 Å². The predicted molar refractivity (Wildman–Crippen MR) is 72.1 cm³/mol. The lowest BCUT2D eigenvalue weighted by molar-refractivity contribution is 0.0655. The summed E-state index contributed by atoms with van der Waals surface area (Å²) in [6.07, 6.45) is 2.50. The van der Waals surface area contributed by atoms with Gasteiger partial charge in [0.05, 0.1) is 11.8 Å². The number of carbonyl (C=O) groups is 1. The molecule has 0 aliphatic carbocycles. The molecule has 2 rings (SSSR count). The fraction of sp³-hybridized carbons (Fsp3) is 0.455. The first-order chi connectivity index (χ1) is 7.68. The van der Waals surface area contributed by atoms with Gasteiger partial charge >= 0.3 is 0 Å². The minimum absolute atomic E-state index is 0. The third-order valence-electron chi connectivity index (χ3n) is 2.71. The Morgan fingerprint density at radius 1 is 1.50 bits per heavy atom. The monoisotopic (exact) mass is 295 g/mol. The summed E-state index contributed by atoms with van der Waals surface area (Å²) >= 11 is 0. The summed E-state index contributed by atoms with van der Waals surface area (Å²) in [6.45, 7) is 4.17. The van der Waals surface area contributed by atoms with Crippen molar-refractivity contribution in [3.63, 3.8) is 0 Å². The van der Waals surface area contributed by atoms with Crippen molar-refractivity contribution in [1.29, 1.82) is 0 Å². The van der Waals surface area contributed by atoms with Crippen molar-refractivity contribution in [1.82, 2.24) is 15.2 Å². The van der Waals surface area contributed by atoms with Crippen LogP contribution in [0.5, 0.6) is 0 Å². The van der Waals surface area contributed by atoms with Crippen LogP contribution in [-0.2, 0) is 0 Å². The Morgan fingerprint density at radius 2 is 2.22 bits per heavy atom. The first-order valence-corrected chi connectivity index (χ1v) is 5.30. The molecule has 1 aromatic rings. The number of aromatic nitrogens is 1. The highest BCUT2D eigenvalue weighted by atomic mass is 35.5. The first-order valence-electron chi connectivity index (χ1n) is 5.30. The fourth-order valence-corrected chi connectivity index (χ4v) is 1.84. The highest BCUT2D eigenvalue weighted by Crippen LogP contribution is 2.10. The molecule has 4 nitrogen and oxygen atoms in total. The summed E-state index contributed by atoms with van der Waals surface area (Å²) in [5.74, 6) is -0.630. The Labute approximate surface area is 118 Å². The summed E-state index contributed by atoms with van der Waals surface area (Å²) in [5.41, 5.74) is 0.314. The second-order valence-electron chi connectivity index (χ2n) is 3.94. The van der Waals surface area contributed by atoms with E-state index in [4.69, 9.17) is 0 Å². The third kappa shape index (κ3) is 3.80. The summed E-state index contributed by atoms with van der Waals surface area (Å²) < 4.78 is 12.9. The molecular formula is C11H16Cl2FN3O. The summed E-state index contributed by atoms with van der Waals surface area (Å²) in [6, 6.07) is 1.36. The van der Waals surface area contributed by atoms with Gasteiger partial charge in [-0.05, 0) is 13.0 Å². The number of rotatable bonds is 1. The van der Waals surface area contributed by atoms with Crippen molar-refractivity contribution in [3.05, 3.63) is 29.8 Å². The lowest BCUT2D eigenvalue weighted by Gasteiger charge is -2.33. The molecule has 1 amide bonds. The summed E-state index contributed by atoms with van der Waals surface area (Å²) in [5, 5.41) is 3.20. The Morgan fingerprint density at radius 3 is 2.83 bits per heavy atom. The predicted octanol–water partition coefficient (Wildman–Crippen LogP) is 1.50. The van der Waals surface area contributed by atoms with Gasteiger partial charge in [0.15, 0.2) is 0 Å². The Balaban J connectivity index is 0.00000144. The SMILES string of the molecule is C[C@H]1CNCCN1C(=O)c1cncc(F)c1.Cl.Cl. The average molecular weight is 296 g/mol. The molecule has 18 heavy (non-hydrogen) atoms. The lowest BCUT2D eigenvalue weighted by atomic mass is 10.1. The molecule has 1 aromatic heterocycles. The number of halogens is 3. The maximum atomic E-state index is 12.9. The molecule has 1 atom stereocenters. The van der Waals surface area contributed by atoms with Crippen molar-refractivity contribution >= 4 is 30.7 Å². The zero-order valence-electron chi connectivity index (χ0n) is 9.93. The molecule has 1 aliphatic heterocycles. The molecule has 1 saturated heterocycles. The Bertz CT molecular complexity index is 406. The maximum absolute atomic E-state index is 12.9. The number of carbonyl (C=O) groups excluding carboxylic acids is 1. The van der Waals surface area contributed by atoms with Gasteiger partial charge < -0.3 is 10.2 Å². The van der Waals surface area contributed by atoms with Gasteiger partial charge in [-0.15, -0.1) is 24.8 Å². The molecule has 2 heterocycles. The van der Waals surface area contributed by atoms with Crippen molar-refractivity contribution in [2.45, 2.75) is 13.0 Å². The smallest absolute Gasteiger partial charge is 0.255 e. The number of nitrogens with zero attached hydrogens (tertiary/aromatic N) is 2. The Hall–Kier alpha value is -0.910. The zero-order chi connectivity index (χ0) is 11.5. The van der Waals surface area contributed by atoms with Gasteiger partial charge in [0.1, 0.15) is 5.82 Å². The van der Waals surface area contributed by atoms with Gasteiger partial charge in [-0.3, -0.25) is 9.78 Å². The first kappa shape index (κ1) is 17.1. The molecule has 102 valence electrons. The van der Waals surface area contributed by atoms with Crippen molar-refractivity contribution in [2.24, 2.45) is 0 Å². The number of piperazine rings is 1. The van der Waals surface area contributed by atoms with Crippen LogP contribution in [0, 0.1) is 5.82 Å². The van der Waals surface area contributed by atoms with Crippen LogP contribution in [0.1, 0.15) is 17.3 Å². The van der Waals surface area contributed by atoms with E-state index in [1.807, 2.05) is 6.92 Å². The molecule has 0 unspecified atom stereocenters. The molecule has 7 heteroatoms. The molecule has 0 radical (unpaired) electrons. The van der Waals surface area contributed by atoms with E-state index in [9.17, 15) is 9.18 Å². The van der Waals surface area contributed by atoms with Gasteiger partial charge in [-0.25, -0.2) is 4.39 Å². The van der Waals surface area contributed by atoms with Gasteiger partial charge in [-0.2, -0.15) is 0 Å². The van der Waals surface area contributed by atoms with E-state index in [0.717, 1.165) is 19.3 Å². The molecule has 0 spiro atoms. The number of pyridine rings is 1. The molecule has 0 saturated carbocycles. The van der Waals surface area contributed by atoms with Crippen LogP contribution in [0.2, 0.25) is 0 Å². The van der Waals surface area contributed by atoms with E-state index >= 15 is 0 Å².